The third kappa shape index (κ3) is 2.87. The Morgan fingerprint density at radius 1 is 1.42 bits per heavy atom. The van der Waals surface area contributed by atoms with E-state index in [4.69, 9.17) is 0 Å². The highest BCUT2D eigenvalue weighted by molar-refractivity contribution is 5.81. The van der Waals surface area contributed by atoms with E-state index in [9.17, 15) is 24.9 Å². The average molecular weight is 174 g/mol. The van der Waals surface area contributed by atoms with Crippen LogP contribution in [0.25, 0.3) is 0 Å². The molecule has 5 nitrogen and oxygen atoms in total. The highest BCUT2D eigenvalue weighted by atomic mass is 16.4. The monoisotopic (exact) mass is 174 g/mol. The number of carboxylic acids is 2. The van der Waals surface area contributed by atoms with Crippen LogP contribution in [0.3, 0.4) is 0 Å². The fraction of sp³-hybridized carbons (Fsp3) is 0.714. The van der Waals surface area contributed by atoms with Crippen LogP contribution in [0.2, 0.25) is 0 Å². The summed E-state index contributed by atoms with van der Waals surface area (Å²) in [6.07, 6.45) is -0.718. The molecule has 0 amide bonds. The summed E-state index contributed by atoms with van der Waals surface area (Å²) >= 11 is 0. The van der Waals surface area contributed by atoms with Gasteiger partial charge < -0.3 is 24.9 Å². The molecule has 12 heavy (non-hydrogen) atoms. The zero-order valence-corrected chi connectivity index (χ0v) is 6.70. The first-order chi connectivity index (χ1) is 5.42. The molecule has 5 heteroatoms. The Kier molecular flexibility index (Phi) is 3.69. The molecule has 0 bridgehead atoms. The lowest BCUT2D eigenvalue weighted by atomic mass is 9.94. The van der Waals surface area contributed by atoms with Gasteiger partial charge in [-0.2, -0.15) is 0 Å². The highest BCUT2D eigenvalue weighted by Crippen LogP contribution is 2.15. The quantitative estimate of drug-likeness (QED) is 0.492. The lowest BCUT2D eigenvalue weighted by Gasteiger charge is -2.28. The molecule has 0 spiro atoms. The summed E-state index contributed by atoms with van der Waals surface area (Å²) in [7, 11) is 0. The number of hydrogen-bond donors (Lipinski definition) is 1. The van der Waals surface area contributed by atoms with Gasteiger partial charge in [0.05, 0.1) is 5.97 Å². The van der Waals surface area contributed by atoms with Gasteiger partial charge in [0.1, 0.15) is 5.60 Å². The van der Waals surface area contributed by atoms with Gasteiger partial charge >= 0.3 is 0 Å². The first-order valence-electron chi connectivity index (χ1n) is 3.56. The molecule has 0 aliphatic carbocycles. The Morgan fingerprint density at radius 2 is 1.92 bits per heavy atom. The van der Waals surface area contributed by atoms with E-state index in [1.54, 1.807) is 6.92 Å². The van der Waals surface area contributed by atoms with Crippen LogP contribution in [0.1, 0.15) is 26.2 Å². The first-order valence-corrected chi connectivity index (χ1v) is 3.56. The molecule has 0 saturated heterocycles. The Bertz CT molecular complexity index is 188. The number of hydrogen-bond acceptors (Lipinski definition) is 5. The van der Waals surface area contributed by atoms with Crippen LogP contribution in [0.4, 0.5) is 0 Å². The predicted octanol–water partition coefficient (Wildman–Crippen LogP) is -2.59. The molecule has 0 aromatic carbocycles. The van der Waals surface area contributed by atoms with Crippen molar-refractivity contribution in [1.29, 1.82) is 0 Å². The number of carboxylic acid groups (broad SMARTS) is 2. The second-order valence-electron chi connectivity index (χ2n) is 2.62. The van der Waals surface area contributed by atoms with E-state index in [-0.39, 0.29) is 6.42 Å². The predicted molar refractivity (Wildman–Crippen MR) is 34.5 cm³/mol. The number of aliphatic hydroxyl groups is 1. The molecule has 0 saturated carbocycles. The Morgan fingerprint density at radius 3 is 2.17 bits per heavy atom. The molecule has 0 aliphatic heterocycles. The molecule has 70 valence electrons. The van der Waals surface area contributed by atoms with E-state index in [2.05, 4.69) is 0 Å². The van der Waals surface area contributed by atoms with Crippen molar-refractivity contribution in [3.8, 4) is 0 Å². The maximum Gasteiger partial charge on any atom is 0.109 e. The van der Waals surface area contributed by atoms with Crippen molar-refractivity contribution in [2.75, 3.05) is 0 Å². The van der Waals surface area contributed by atoms with Crippen LogP contribution in [0.15, 0.2) is 0 Å². The summed E-state index contributed by atoms with van der Waals surface area (Å²) in [6, 6.07) is 0. The van der Waals surface area contributed by atoms with E-state index in [1.165, 1.54) is 0 Å². The summed E-state index contributed by atoms with van der Waals surface area (Å²) in [6.45, 7) is 1.63. The fourth-order valence-corrected chi connectivity index (χ4v) is 0.915. The van der Waals surface area contributed by atoms with Crippen LogP contribution in [0, 0.1) is 0 Å². The third-order valence-corrected chi connectivity index (χ3v) is 1.48. The van der Waals surface area contributed by atoms with E-state index in [0.717, 1.165) is 0 Å². The van der Waals surface area contributed by atoms with Crippen LogP contribution in [0.5, 0.6) is 0 Å². The van der Waals surface area contributed by atoms with Crippen LogP contribution in [-0.2, 0) is 9.59 Å². The summed E-state index contributed by atoms with van der Waals surface area (Å²) in [5, 5.41) is 29.5. The largest absolute Gasteiger partial charge is 0.550 e. The smallest absolute Gasteiger partial charge is 0.109 e. The summed E-state index contributed by atoms with van der Waals surface area (Å²) in [5.74, 6) is -3.37. The third-order valence-electron chi connectivity index (χ3n) is 1.48. The number of carbonyl (C=O) groups excluding carboxylic acids is 2. The van der Waals surface area contributed by atoms with Crippen molar-refractivity contribution < 1.29 is 24.9 Å². The van der Waals surface area contributed by atoms with Crippen molar-refractivity contribution in [1.82, 2.24) is 0 Å². The van der Waals surface area contributed by atoms with Gasteiger partial charge in [-0.3, -0.25) is 0 Å². The normalized spacial score (nSPS) is 15.2. The van der Waals surface area contributed by atoms with Crippen molar-refractivity contribution in [2.24, 2.45) is 0 Å². The molecule has 0 aliphatic rings. The molecule has 0 heterocycles. The van der Waals surface area contributed by atoms with Crippen molar-refractivity contribution in [3.63, 3.8) is 0 Å². The second kappa shape index (κ2) is 4.06. The van der Waals surface area contributed by atoms with Gasteiger partial charge in [-0.15, -0.1) is 0 Å². The van der Waals surface area contributed by atoms with Crippen LogP contribution >= 0.6 is 0 Å². The Labute approximate surface area is 69.6 Å². The lowest BCUT2D eigenvalue weighted by molar-refractivity contribution is -0.334. The van der Waals surface area contributed by atoms with Gasteiger partial charge in [0.15, 0.2) is 0 Å². The van der Waals surface area contributed by atoms with E-state index in [0.29, 0.717) is 6.42 Å². The fourth-order valence-electron chi connectivity index (χ4n) is 0.915. The molecule has 0 fully saturated rings. The van der Waals surface area contributed by atoms with Crippen molar-refractivity contribution >= 4 is 11.9 Å². The molecule has 1 atom stereocenters. The van der Waals surface area contributed by atoms with E-state index < -0.39 is 24.0 Å². The number of carbonyl (C=O) groups is 2. The molecule has 0 rings (SSSR count). The molecule has 0 aromatic heterocycles. The lowest BCUT2D eigenvalue weighted by Crippen LogP contribution is -2.51. The Balaban J connectivity index is 4.38. The SMILES string of the molecule is CCCC(O)(CC(=O)[O-])C(=O)[O-]. The average Bonchev–Trinajstić information content (AvgIpc) is 1.85. The zero-order chi connectivity index (χ0) is 9.78. The standard InChI is InChI=1S/C7H12O5/c1-2-3-7(12,6(10)11)4-5(8)9/h12H,2-4H2,1H3,(H,8,9)(H,10,11)/p-2. The molecular weight excluding hydrogens is 164 g/mol. The minimum atomic E-state index is -2.28. The van der Waals surface area contributed by atoms with Gasteiger partial charge in [-0.1, -0.05) is 13.3 Å². The van der Waals surface area contributed by atoms with E-state index in [1.807, 2.05) is 0 Å². The maximum absolute atomic E-state index is 10.3. The minimum Gasteiger partial charge on any atom is -0.550 e. The summed E-state index contributed by atoms with van der Waals surface area (Å²) < 4.78 is 0. The first kappa shape index (κ1) is 10.9. The minimum absolute atomic E-state index is 0.149. The van der Waals surface area contributed by atoms with Crippen molar-refractivity contribution in [2.45, 2.75) is 31.8 Å². The van der Waals surface area contributed by atoms with Gasteiger partial charge in [0.2, 0.25) is 0 Å². The molecule has 0 aromatic rings. The van der Waals surface area contributed by atoms with Crippen LogP contribution < -0.4 is 10.2 Å². The molecular formula is C7H10O5-2. The highest BCUT2D eigenvalue weighted by Gasteiger charge is 2.27. The number of rotatable bonds is 5. The van der Waals surface area contributed by atoms with Crippen LogP contribution in [-0.4, -0.2) is 22.6 Å². The van der Waals surface area contributed by atoms with Crippen molar-refractivity contribution in [3.05, 3.63) is 0 Å². The van der Waals surface area contributed by atoms with Gasteiger partial charge in [0.25, 0.3) is 0 Å². The van der Waals surface area contributed by atoms with Gasteiger partial charge in [-0.05, 0) is 6.42 Å². The second-order valence-corrected chi connectivity index (χ2v) is 2.62. The van der Waals surface area contributed by atoms with Gasteiger partial charge in [-0.25, -0.2) is 0 Å². The molecule has 0 radical (unpaired) electrons. The Hall–Kier alpha value is -1.10. The molecule has 1 N–H and O–H groups in total. The summed E-state index contributed by atoms with van der Waals surface area (Å²) in [5.41, 5.74) is -2.28. The van der Waals surface area contributed by atoms with E-state index >= 15 is 0 Å². The summed E-state index contributed by atoms with van der Waals surface area (Å²) in [4.78, 5) is 20.3. The van der Waals surface area contributed by atoms with Gasteiger partial charge in [0, 0.05) is 12.4 Å². The maximum atomic E-state index is 10.3. The topological polar surface area (TPSA) is 100 Å². The zero-order valence-electron chi connectivity index (χ0n) is 6.70. The number of aliphatic carboxylic acids is 2. The molecule has 1 unspecified atom stereocenters.